The fourth-order valence-corrected chi connectivity index (χ4v) is 2.78. The molecule has 0 aliphatic rings. The second-order valence-corrected chi connectivity index (χ2v) is 5.82. The number of carbonyl (C=O) groups is 2. The van der Waals surface area contributed by atoms with Gasteiger partial charge in [0.05, 0.1) is 19.8 Å². The van der Waals surface area contributed by atoms with Crippen molar-refractivity contribution in [3.05, 3.63) is 65.4 Å². The third kappa shape index (κ3) is 3.71. The van der Waals surface area contributed by atoms with Crippen LogP contribution in [-0.2, 0) is 9.53 Å². The molecule has 7 nitrogen and oxygen atoms in total. The quantitative estimate of drug-likeness (QED) is 0.403. The number of nitrogens with zero attached hydrogens (tertiary/aromatic N) is 1. The van der Waals surface area contributed by atoms with Crippen LogP contribution in [0.1, 0.15) is 15.9 Å². The van der Waals surface area contributed by atoms with Gasteiger partial charge in [0, 0.05) is 28.4 Å². The SMILES string of the molecule is COC(=O)c1cccc2[nH]cc(C=C(C#N)C(=O)Nc3ccc(OC)cc3)c12. The minimum Gasteiger partial charge on any atom is -0.497 e. The predicted octanol–water partition coefficient (Wildman–Crippen LogP) is 3.51. The van der Waals surface area contributed by atoms with Crippen molar-refractivity contribution < 1.29 is 19.1 Å². The Labute approximate surface area is 161 Å². The summed E-state index contributed by atoms with van der Waals surface area (Å²) in [5.41, 5.74) is 2.01. The van der Waals surface area contributed by atoms with Gasteiger partial charge in [-0.25, -0.2) is 4.79 Å². The monoisotopic (exact) mass is 375 g/mol. The highest BCUT2D eigenvalue weighted by atomic mass is 16.5. The molecule has 1 aromatic heterocycles. The molecule has 0 fully saturated rings. The molecule has 3 aromatic rings. The van der Waals surface area contributed by atoms with E-state index >= 15 is 0 Å². The molecule has 1 heterocycles. The van der Waals surface area contributed by atoms with Crippen LogP contribution in [0.25, 0.3) is 17.0 Å². The van der Waals surface area contributed by atoms with Gasteiger partial charge in [0.2, 0.25) is 0 Å². The first-order valence-electron chi connectivity index (χ1n) is 8.33. The lowest BCUT2D eigenvalue weighted by atomic mass is 10.0. The average molecular weight is 375 g/mol. The third-order valence-electron chi connectivity index (χ3n) is 4.15. The number of aromatic amines is 1. The second-order valence-electron chi connectivity index (χ2n) is 5.82. The molecular weight excluding hydrogens is 358 g/mol. The van der Waals surface area contributed by atoms with E-state index < -0.39 is 11.9 Å². The number of hydrogen-bond acceptors (Lipinski definition) is 5. The van der Waals surface area contributed by atoms with Crippen LogP contribution in [-0.4, -0.2) is 31.1 Å². The fraction of sp³-hybridized carbons (Fsp3) is 0.0952. The van der Waals surface area contributed by atoms with Crippen molar-refractivity contribution in [3.8, 4) is 11.8 Å². The number of ether oxygens (including phenoxy) is 2. The van der Waals surface area contributed by atoms with E-state index in [0.29, 0.717) is 33.5 Å². The van der Waals surface area contributed by atoms with E-state index in [1.165, 1.54) is 13.2 Å². The molecule has 0 saturated heterocycles. The summed E-state index contributed by atoms with van der Waals surface area (Å²) in [6, 6.07) is 13.8. The summed E-state index contributed by atoms with van der Waals surface area (Å²) in [6.07, 6.45) is 3.07. The average Bonchev–Trinajstić information content (AvgIpc) is 3.14. The Kier molecular flexibility index (Phi) is 5.42. The van der Waals surface area contributed by atoms with E-state index in [4.69, 9.17) is 9.47 Å². The van der Waals surface area contributed by atoms with E-state index in [9.17, 15) is 14.9 Å². The molecule has 0 aliphatic heterocycles. The molecule has 0 spiro atoms. The van der Waals surface area contributed by atoms with Crippen LogP contribution >= 0.6 is 0 Å². The number of benzene rings is 2. The second kappa shape index (κ2) is 8.10. The predicted molar refractivity (Wildman–Crippen MR) is 105 cm³/mol. The van der Waals surface area contributed by atoms with E-state index in [0.717, 1.165) is 0 Å². The van der Waals surface area contributed by atoms with Gasteiger partial charge in [-0.1, -0.05) is 6.07 Å². The lowest BCUT2D eigenvalue weighted by Crippen LogP contribution is -2.13. The Balaban J connectivity index is 1.95. The van der Waals surface area contributed by atoms with Gasteiger partial charge >= 0.3 is 5.97 Å². The number of nitriles is 1. The summed E-state index contributed by atoms with van der Waals surface area (Å²) < 4.78 is 9.89. The van der Waals surface area contributed by atoms with Crippen molar-refractivity contribution in [3.63, 3.8) is 0 Å². The van der Waals surface area contributed by atoms with E-state index in [2.05, 4.69) is 10.3 Å². The zero-order chi connectivity index (χ0) is 20.1. The third-order valence-corrected chi connectivity index (χ3v) is 4.15. The van der Waals surface area contributed by atoms with Crippen molar-refractivity contribution in [2.75, 3.05) is 19.5 Å². The molecule has 0 aliphatic carbocycles. The summed E-state index contributed by atoms with van der Waals surface area (Å²) in [7, 11) is 2.85. The smallest absolute Gasteiger partial charge is 0.338 e. The number of nitrogens with one attached hydrogen (secondary N) is 2. The number of hydrogen-bond donors (Lipinski definition) is 2. The lowest BCUT2D eigenvalue weighted by Gasteiger charge is -2.06. The number of fused-ring (bicyclic) bond motifs is 1. The molecule has 0 saturated carbocycles. The lowest BCUT2D eigenvalue weighted by molar-refractivity contribution is -0.112. The number of H-pyrrole nitrogens is 1. The number of esters is 1. The highest BCUT2D eigenvalue weighted by Gasteiger charge is 2.16. The Morgan fingerprint density at radius 2 is 1.89 bits per heavy atom. The molecule has 7 heteroatoms. The molecule has 1 amide bonds. The minimum atomic E-state index is -0.558. The van der Waals surface area contributed by atoms with Gasteiger partial charge in [0.1, 0.15) is 17.4 Å². The van der Waals surface area contributed by atoms with Crippen LogP contribution in [0.2, 0.25) is 0 Å². The first-order valence-corrected chi connectivity index (χ1v) is 8.33. The number of anilines is 1. The van der Waals surface area contributed by atoms with E-state index in [1.54, 1.807) is 55.8 Å². The van der Waals surface area contributed by atoms with Gasteiger partial charge in [-0.3, -0.25) is 4.79 Å². The maximum Gasteiger partial charge on any atom is 0.338 e. The highest BCUT2D eigenvalue weighted by Crippen LogP contribution is 2.25. The normalized spacial score (nSPS) is 11.0. The zero-order valence-corrected chi connectivity index (χ0v) is 15.3. The van der Waals surface area contributed by atoms with Crippen molar-refractivity contribution in [1.29, 1.82) is 5.26 Å². The zero-order valence-electron chi connectivity index (χ0n) is 15.3. The first-order chi connectivity index (χ1) is 13.6. The maximum atomic E-state index is 12.5. The molecule has 0 radical (unpaired) electrons. The first kappa shape index (κ1) is 18.7. The Hall–Kier alpha value is -4.05. The number of rotatable bonds is 5. The van der Waals surface area contributed by atoms with Crippen LogP contribution in [0.15, 0.2) is 54.2 Å². The summed E-state index contributed by atoms with van der Waals surface area (Å²) in [5, 5.41) is 12.7. The van der Waals surface area contributed by atoms with E-state index in [1.807, 2.05) is 6.07 Å². The number of aromatic nitrogens is 1. The van der Waals surface area contributed by atoms with Crippen LogP contribution in [0.5, 0.6) is 5.75 Å². The minimum absolute atomic E-state index is 0.101. The van der Waals surface area contributed by atoms with Gasteiger partial charge in [-0.15, -0.1) is 0 Å². The Morgan fingerprint density at radius 1 is 1.14 bits per heavy atom. The Bertz CT molecular complexity index is 1100. The molecule has 2 aromatic carbocycles. The molecule has 0 atom stereocenters. The number of amides is 1. The van der Waals surface area contributed by atoms with E-state index in [-0.39, 0.29) is 5.57 Å². The number of carbonyl (C=O) groups excluding carboxylic acids is 2. The van der Waals surface area contributed by atoms with Crippen molar-refractivity contribution >= 4 is 34.5 Å². The fourth-order valence-electron chi connectivity index (χ4n) is 2.78. The summed E-state index contributed by atoms with van der Waals surface area (Å²) in [6.45, 7) is 0. The van der Waals surface area contributed by atoms with Crippen molar-refractivity contribution in [2.24, 2.45) is 0 Å². The number of methoxy groups -OCH3 is 2. The van der Waals surface area contributed by atoms with Gasteiger partial charge in [0.25, 0.3) is 5.91 Å². The van der Waals surface area contributed by atoms with Gasteiger partial charge in [-0.2, -0.15) is 5.26 Å². The molecule has 3 rings (SSSR count). The molecule has 0 unspecified atom stereocenters. The highest BCUT2D eigenvalue weighted by molar-refractivity contribution is 6.12. The molecule has 2 N–H and O–H groups in total. The van der Waals surface area contributed by atoms with Crippen LogP contribution in [0.4, 0.5) is 5.69 Å². The van der Waals surface area contributed by atoms with Crippen molar-refractivity contribution in [1.82, 2.24) is 4.98 Å². The topological polar surface area (TPSA) is 104 Å². The largest absolute Gasteiger partial charge is 0.497 e. The van der Waals surface area contributed by atoms with Gasteiger partial charge < -0.3 is 19.8 Å². The molecule has 28 heavy (non-hydrogen) atoms. The molecule has 140 valence electrons. The van der Waals surface area contributed by atoms with Crippen LogP contribution in [0, 0.1) is 11.3 Å². The van der Waals surface area contributed by atoms with Gasteiger partial charge in [0.15, 0.2) is 0 Å². The van der Waals surface area contributed by atoms with Crippen LogP contribution in [0.3, 0.4) is 0 Å². The molecule has 0 bridgehead atoms. The standard InChI is InChI=1S/C21H17N3O4/c1-27-16-8-6-15(7-9-16)24-20(25)13(11-22)10-14-12-23-18-5-3-4-17(19(14)18)21(26)28-2/h3-10,12,23H,1-2H3,(H,24,25). The summed E-state index contributed by atoms with van der Waals surface area (Å²) in [4.78, 5) is 27.6. The van der Waals surface area contributed by atoms with Gasteiger partial charge in [-0.05, 0) is 42.5 Å². The summed E-state index contributed by atoms with van der Waals surface area (Å²) >= 11 is 0. The Morgan fingerprint density at radius 3 is 2.54 bits per heavy atom. The van der Waals surface area contributed by atoms with Crippen molar-refractivity contribution in [2.45, 2.75) is 0 Å². The van der Waals surface area contributed by atoms with Crippen LogP contribution < -0.4 is 10.1 Å². The summed E-state index contributed by atoms with van der Waals surface area (Å²) in [5.74, 6) is -0.401. The molecular formula is C21H17N3O4. The maximum absolute atomic E-state index is 12.5.